The predicted molar refractivity (Wildman–Crippen MR) is 80.5 cm³/mol. The molecular weight excluding hydrogens is 262 g/mol. The highest BCUT2D eigenvalue weighted by molar-refractivity contribution is 5.55. The van der Waals surface area contributed by atoms with Gasteiger partial charge in [-0.1, -0.05) is 18.2 Å². The second-order valence-corrected chi connectivity index (χ2v) is 4.77. The van der Waals surface area contributed by atoms with Gasteiger partial charge in [0.15, 0.2) is 0 Å². The number of aliphatic hydroxyl groups is 1. The maximum atomic E-state index is 10.2. The van der Waals surface area contributed by atoms with Crippen LogP contribution >= 0.6 is 0 Å². The first-order valence-electron chi connectivity index (χ1n) is 6.57. The molecule has 0 amide bonds. The monoisotopic (exact) mass is 277 g/mol. The molecule has 0 bridgehead atoms. The van der Waals surface area contributed by atoms with E-state index in [-0.39, 0.29) is 0 Å². The van der Waals surface area contributed by atoms with E-state index in [0.717, 1.165) is 16.8 Å². The zero-order valence-corrected chi connectivity index (χ0v) is 11.7. The summed E-state index contributed by atoms with van der Waals surface area (Å²) in [5.41, 5.74) is 3.74. The molecule has 1 unspecified atom stereocenters. The molecule has 0 saturated heterocycles. The molecule has 2 rings (SSSR count). The predicted octanol–water partition coefficient (Wildman–Crippen LogP) is 2.88. The summed E-state index contributed by atoms with van der Waals surface area (Å²) < 4.78 is 0. The second kappa shape index (κ2) is 6.56. The minimum atomic E-state index is -0.678. The Hall–Kier alpha value is -2.82. The Balaban J connectivity index is 2.05. The average Bonchev–Trinajstić information content (AvgIpc) is 2.54. The highest BCUT2D eigenvalue weighted by atomic mass is 16.3. The first kappa shape index (κ1) is 14.6. The van der Waals surface area contributed by atoms with E-state index >= 15 is 0 Å². The lowest BCUT2D eigenvalue weighted by Gasteiger charge is -2.15. The zero-order chi connectivity index (χ0) is 15.2. The number of anilines is 1. The molecule has 4 heteroatoms. The van der Waals surface area contributed by atoms with Crippen LogP contribution in [0.4, 0.5) is 5.69 Å². The zero-order valence-electron chi connectivity index (χ0n) is 11.7. The van der Waals surface area contributed by atoms with Crippen molar-refractivity contribution in [3.05, 3.63) is 64.7 Å². The Labute approximate surface area is 123 Å². The summed E-state index contributed by atoms with van der Waals surface area (Å²) in [7, 11) is 0. The van der Waals surface area contributed by atoms with Gasteiger partial charge in [0.25, 0.3) is 0 Å². The molecule has 21 heavy (non-hydrogen) atoms. The minimum absolute atomic E-state index is 0.335. The first-order chi connectivity index (χ1) is 10.1. The fraction of sp³-hybridized carbons (Fsp3) is 0.176. The number of hydrogen-bond donors (Lipinski definition) is 2. The van der Waals surface area contributed by atoms with Crippen molar-refractivity contribution in [3.8, 4) is 12.1 Å². The van der Waals surface area contributed by atoms with Crippen molar-refractivity contribution in [1.82, 2.24) is 0 Å². The molecule has 0 aliphatic heterocycles. The van der Waals surface area contributed by atoms with Gasteiger partial charge in [0.05, 0.1) is 29.4 Å². The first-order valence-corrected chi connectivity index (χ1v) is 6.57. The molecule has 2 aromatic carbocycles. The Morgan fingerprint density at radius 2 is 1.67 bits per heavy atom. The van der Waals surface area contributed by atoms with Gasteiger partial charge in [-0.3, -0.25) is 0 Å². The van der Waals surface area contributed by atoms with Gasteiger partial charge in [-0.05, 0) is 42.3 Å². The van der Waals surface area contributed by atoms with E-state index in [2.05, 4.69) is 11.4 Å². The number of benzene rings is 2. The Morgan fingerprint density at radius 1 is 1.05 bits per heavy atom. The lowest BCUT2D eigenvalue weighted by atomic mass is 10.1. The van der Waals surface area contributed by atoms with Gasteiger partial charge < -0.3 is 10.4 Å². The number of nitriles is 2. The van der Waals surface area contributed by atoms with Crippen molar-refractivity contribution < 1.29 is 5.11 Å². The summed E-state index contributed by atoms with van der Waals surface area (Å²) in [6.07, 6.45) is -0.678. The Kier molecular flexibility index (Phi) is 4.56. The fourth-order valence-corrected chi connectivity index (χ4v) is 1.99. The average molecular weight is 277 g/mol. The molecule has 0 spiro atoms. The smallest absolute Gasteiger partial charge is 0.0992 e. The van der Waals surface area contributed by atoms with Gasteiger partial charge in [0.2, 0.25) is 0 Å². The lowest BCUT2D eigenvalue weighted by molar-refractivity contribution is 0.191. The van der Waals surface area contributed by atoms with E-state index in [9.17, 15) is 5.11 Å². The highest BCUT2D eigenvalue weighted by Crippen LogP contribution is 2.19. The lowest BCUT2D eigenvalue weighted by Crippen LogP contribution is -2.12. The summed E-state index contributed by atoms with van der Waals surface area (Å²) in [4.78, 5) is 0. The van der Waals surface area contributed by atoms with Crippen LogP contribution in [0.2, 0.25) is 0 Å². The molecule has 0 heterocycles. The molecule has 104 valence electrons. The summed E-state index contributed by atoms with van der Waals surface area (Å²) in [5, 5.41) is 31.0. The molecule has 4 nitrogen and oxygen atoms in total. The number of aryl methyl sites for hydroxylation is 1. The van der Waals surface area contributed by atoms with Gasteiger partial charge in [0, 0.05) is 12.2 Å². The minimum Gasteiger partial charge on any atom is -0.387 e. The quantitative estimate of drug-likeness (QED) is 0.900. The molecule has 0 aliphatic rings. The molecule has 0 aliphatic carbocycles. The van der Waals surface area contributed by atoms with Crippen LogP contribution in [0.5, 0.6) is 0 Å². The number of hydrogen-bond acceptors (Lipinski definition) is 4. The van der Waals surface area contributed by atoms with E-state index in [1.807, 2.05) is 19.1 Å². The van der Waals surface area contributed by atoms with Crippen LogP contribution in [0, 0.1) is 29.6 Å². The van der Waals surface area contributed by atoms with Gasteiger partial charge in [0.1, 0.15) is 0 Å². The van der Waals surface area contributed by atoms with E-state index < -0.39 is 6.10 Å². The molecule has 0 fully saturated rings. The van der Waals surface area contributed by atoms with Gasteiger partial charge in [-0.2, -0.15) is 10.5 Å². The third-order valence-corrected chi connectivity index (χ3v) is 3.28. The maximum Gasteiger partial charge on any atom is 0.0992 e. The van der Waals surface area contributed by atoms with E-state index in [1.165, 1.54) is 0 Å². The van der Waals surface area contributed by atoms with Crippen LogP contribution in [0.3, 0.4) is 0 Å². The van der Waals surface area contributed by atoms with Crippen LogP contribution in [-0.2, 0) is 0 Å². The van der Waals surface area contributed by atoms with Crippen molar-refractivity contribution >= 4 is 5.69 Å². The maximum absolute atomic E-state index is 10.2. The van der Waals surface area contributed by atoms with Crippen molar-refractivity contribution in [2.45, 2.75) is 13.0 Å². The van der Waals surface area contributed by atoms with Gasteiger partial charge >= 0.3 is 0 Å². The van der Waals surface area contributed by atoms with Crippen molar-refractivity contribution in [3.63, 3.8) is 0 Å². The number of nitrogens with one attached hydrogen (secondary N) is 1. The molecular formula is C17H15N3O. The topological polar surface area (TPSA) is 79.8 Å². The van der Waals surface area contributed by atoms with Crippen LogP contribution in [0.15, 0.2) is 42.5 Å². The molecule has 0 saturated carbocycles. The van der Waals surface area contributed by atoms with E-state index in [0.29, 0.717) is 17.7 Å². The third-order valence-electron chi connectivity index (χ3n) is 3.28. The standard InChI is InChI=1S/C17H15N3O/c1-12-2-3-14(10-19)8-16(12)20-11-17(21)15-6-4-13(9-18)5-7-15/h2-8,17,20-21H,11H2,1H3. The molecule has 2 N–H and O–H groups in total. The summed E-state index contributed by atoms with van der Waals surface area (Å²) in [6, 6.07) is 16.4. The normalized spacial score (nSPS) is 11.2. The molecule has 0 radical (unpaired) electrons. The Morgan fingerprint density at radius 3 is 2.29 bits per heavy atom. The second-order valence-electron chi connectivity index (χ2n) is 4.77. The molecule has 2 aromatic rings. The van der Waals surface area contributed by atoms with Gasteiger partial charge in [-0.25, -0.2) is 0 Å². The van der Waals surface area contributed by atoms with Crippen LogP contribution in [0.1, 0.15) is 28.4 Å². The third kappa shape index (κ3) is 3.60. The summed E-state index contributed by atoms with van der Waals surface area (Å²) in [5.74, 6) is 0. The fourth-order valence-electron chi connectivity index (χ4n) is 1.99. The SMILES string of the molecule is Cc1ccc(C#N)cc1NCC(O)c1ccc(C#N)cc1. The number of aliphatic hydroxyl groups excluding tert-OH is 1. The van der Waals surface area contributed by atoms with Crippen LogP contribution in [-0.4, -0.2) is 11.7 Å². The number of rotatable bonds is 4. The summed E-state index contributed by atoms with van der Waals surface area (Å²) in [6.45, 7) is 2.28. The molecule has 1 atom stereocenters. The molecule has 0 aromatic heterocycles. The van der Waals surface area contributed by atoms with Gasteiger partial charge in [-0.15, -0.1) is 0 Å². The van der Waals surface area contributed by atoms with Crippen molar-refractivity contribution in [2.24, 2.45) is 0 Å². The van der Waals surface area contributed by atoms with Crippen molar-refractivity contribution in [1.29, 1.82) is 10.5 Å². The Bertz CT molecular complexity index is 708. The number of nitrogens with zero attached hydrogens (tertiary/aromatic N) is 2. The summed E-state index contributed by atoms with van der Waals surface area (Å²) >= 11 is 0. The highest BCUT2D eigenvalue weighted by Gasteiger charge is 2.08. The van der Waals surface area contributed by atoms with E-state index in [4.69, 9.17) is 10.5 Å². The largest absolute Gasteiger partial charge is 0.387 e. The van der Waals surface area contributed by atoms with E-state index in [1.54, 1.807) is 36.4 Å². The van der Waals surface area contributed by atoms with Crippen LogP contribution < -0.4 is 5.32 Å². The van der Waals surface area contributed by atoms with Crippen LogP contribution in [0.25, 0.3) is 0 Å². The van der Waals surface area contributed by atoms with Crippen molar-refractivity contribution in [2.75, 3.05) is 11.9 Å².